The maximum absolute atomic E-state index is 11.6. The molecule has 0 aliphatic heterocycles. The third-order valence-corrected chi connectivity index (χ3v) is 4.81. The fourth-order valence-corrected chi connectivity index (χ4v) is 3.44. The molecule has 2 aromatic carbocycles. The zero-order chi connectivity index (χ0) is 19.2. The van der Waals surface area contributed by atoms with Crippen molar-refractivity contribution < 1.29 is 19.8 Å². The summed E-state index contributed by atoms with van der Waals surface area (Å²) in [7, 11) is 0. The molecule has 0 spiro atoms. The number of rotatable bonds is 8. The second kappa shape index (κ2) is 8.46. The van der Waals surface area contributed by atoms with Gasteiger partial charge in [0.2, 0.25) is 0 Å². The topological polar surface area (TPSA) is 99.5 Å². The molecule has 0 amide bonds. The highest BCUT2D eigenvalue weighted by Crippen LogP contribution is 2.20. The molecule has 1 aromatic heterocycles. The largest absolute Gasteiger partial charge is 0.480 e. The van der Waals surface area contributed by atoms with Crippen LogP contribution >= 0.6 is 11.3 Å². The van der Waals surface area contributed by atoms with E-state index < -0.39 is 18.0 Å². The Kier molecular flexibility index (Phi) is 5.83. The van der Waals surface area contributed by atoms with Crippen LogP contribution in [0.4, 0.5) is 5.13 Å². The number of carbonyl (C=O) groups is 2. The van der Waals surface area contributed by atoms with E-state index in [-0.39, 0.29) is 5.56 Å². The molecule has 27 heavy (non-hydrogen) atoms. The van der Waals surface area contributed by atoms with Gasteiger partial charge in [0.15, 0.2) is 5.13 Å². The van der Waals surface area contributed by atoms with Gasteiger partial charge < -0.3 is 15.5 Å². The number of nitrogens with zero attached hydrogens (tertiary/aromatic N) is 1. The van der Waals surface area contributed by atoms with Crippen molar-refractivity contribution in [3.05, 3.63) is 82.4 Å². The van der Waals surface area contributed by atoms with Crippen molar-refractivity contribution in [2.24, 2.45) is 0 Å². The Morgan fingerprint density at radius 3 is 2.48 bits per heavy atom. The minimum absolute atomic E-state index is 0.231. The van der Waals surface area contributed by atoms with Crippen LogP contribution in [0.1, 0.15) is 27.2 Å². The van der Waals surface area contributed by atoms with Gasteiger partial charge in [0.05, 0.1) is 11.3 Å². The summed E-state index contributed by atoms with van der Waals surface area (Å²) in [6.07, 6.45) is 0.835. The fourth-order valence-electron chi connectivity index (χ4n) is 2.68. The molecule has 0 fully saturated rings. The van der Waals surface area contributed by atoms with Gasteiger partial charge in [-0.3, -0.25) is 0 Å². The van der Waals surface area contributed by atoms with Crippen molar-refractivity contribution in [3.63, 3.8) is 0 Å². The highest BCUT2D eigenvalue weighted by atomic mass is 32.1. The van der Waals surface area contributed by atoms with Crippen molar-refractivity contribution in [2.45, 2.75) is 18.9 Å². The van der Waals surface area contributed by atoms with Crippen molar-refractivity contribution in [1.29, 1.82) is 0 Å². The summed E-state index contributed by atoms with van der Waals surface area (Å²) in [4.78, 5) is 27.1. The molecule has 1 heterocycles. The van der Waals surface area contributed by atoms with Gasteiger partial charge in [-0.25, -0.2) is 14.6 Å². The molecule has 0 radical (unpaired) electrons. The summed E-state index contributed by atoms with van der Waals surface area (Å²) >= 11 is 1.33. The lowest BCUT2D eigenvalue weighted by atomic mass is 10.1. The first-order chi connectivity index (χ1) is 13.0. The van der Waals surface area contributed by atoms with Crippen LogP contribution in [0.2, 0.25) is 0 Å². The van der Waals surface area contributed by atoms with Gasteiger partial charge >= 0.3 is 11.9 Å². The van der Waals surface area contributed by atoms with Crippen molar-refractivity contribution >= 4 is 28.4 Å². The maximum Gasteiger partial charge on any atom is 0.335 e. The lowest BCUT2D eigenvalue weighted by molar-refractivity contribution is -0.137. The third kappa shape index (κ3) is 5.15. The summed E-state index contributed by atoms with van der Waals surface area (Å²) in [5.74, 6) is -1.91. The van der Waals surface area contributed by atoms with E-state index in [9.17, 15) is 14.7 Å². The first kappa shape index (κ1) is 18.6. The number of aromatic carboxylic acids is 1. The van der Waals surface area contributed by atoms with Gasteiger partial charge in [-0.05, 0) is 23.3 Å². The highest BCUT2D eigenvalue weighted by molar-refractivity contribution is 7.13. The molecule has 1 atom stereocenters. The van der Waals surface area contributed by atoms with E-state index in [4.69, 9.17) is 5.11 Å². The number of hydrogen-bond acceptors (Lipinski definition) is 5. The number of nitrogens with one attached hydrogen (secondary N) is 1. The molecule has 3 N–H and O–H groups in total. The Hall–Kier alpha value is -3.19. The summed E-state index contributed by atoms with van der Waals surface area (Å²) in [6, 6.07) is 15.3. The Labute approximate surface area is 160 Å². The molecule has 6 nitrogen and oxygen atoms in total. The normalized spacial score (nSPS) is 11.7. The second-order valence-electron chi connectivity index (χ2n) is 6.05. The molecule has 0 aliphatic rings. The van der Waals surface area contributed by atoms with Crippen molar-refractivity contribution in [3.8, 4) is 0 Å². The monoisotopic (exact) mass is 382 g/mol. The Bertz CT molecular complexity index is 940. The average Bonchev–Trinajstić information content (AvgIpc) is 3.09. The predicted molar refractivity (Wildman–Crippen MR) is 104 cm³/mol. The maximum atomic E-state index is 11.6. The minimum atomic E-state index is -0.970. The van der Waals surface area contributed by atoms with Crippen LogP contribution < -0.4 is 5.32 Å². The molecule has 0 saturated heterocycles. The molecule has 0 bridgehead atoms. The molecule has 0 unspecified atom stereocenters. The number of anilines is 1. The first-order valence-electron chi connectivity index (χ1n) is 8.31. The number of carboxylic acids is 2. The fraction of sp³-hybridized carbons (Fsp3) is 0.150. The Morgan fingerprint density at radius 1 is 1.04 bits per heavy atom. The number of thiazole rings is 1. The molecule has 138 valence electrons. The third-order valence-electron chi connectivity index (χ3n) is 3.99. The summed E-state index contributed by atoms with van der Waals surface area (Å²) in [5, 5.41) is 23.9. The number of aromatic nitrogens is 1. The standard InChI is InChI=1S/C20H18N2O4S/c23-18(24)15-8-4-7-14(9-15)10-16-12-27-20(21-16)22-17(19(25)26)11-13-5-2-1-3-6-13/h1-9,12,17H,10-11H2,(H,21,22)(H,23,24)(H,25,26)/t17-/m1/s1. The van der Waals surface area contributed by atoms with E-state index in [1.165, 1.54) is 11.3 Å². The van der Waals surface area contributed by atoms with Crippen LogP contribution in [0, 0.1) is 0 Å². The van der Waals surface area contributed by atoms with Crippen LogP contribution in [0.25, 0.3) is 0 Å². The average molecular weight is 382 g/mol. The van der Waals surface area contributed by atoms with E-state index in [0.717, 1.165) is 16.8 Å². The quantitative estimate of drug-likeness (QED) is 0.551. The summed E-state index contributed by atoms with van der Waals surface area (Å²) in [6.45, 7) is 0. The number of aliphatic carboxylic acids is 1. The van der Waals surface area contributed by atoms with Crippen LogP contribution in [0.15, 0.2) is 60.0 Å². The van der Waals surface area contributed by atoms with Gasteiger partial charge in [0, 0.05) is 18.2 Å². The zero-order valence-electron chi connectivity index (χ0n) is 14.3. The van der Waals surface area contributed by atoms with Gasteiger partial charge in [-0.15, -0.1) is 11.3 Å². The molecule has 7 heteroatoms. The van der Waals surface area contributed by atoms with Crippen LogP contribution in [-0.2, 0) is 17.6 Å². The predicted octanol–water partition coefficient (Wildman–Crippen LogP) is 3.54. The lowest BCUT2D eigenvalue weighted by Gasteiger charge is -2.13. The minimum Gasteiger partial charge on any atom is -0.480 e. The second-order valence-corrected chi connectivity index (χ2v) is 6.91. The van der Waals surface area contributed by atoms with Crippen molar-refractivity contribution in [1.82, 2.24) is 4.98 Å². The van der Waals surface area contributed by atoms with Gasteiger partial charge in [0.1, 0.15) is 6.04 Å². The Morgan fingerprint density at radius 2 is 1.78 bits per heavy atom. The van der Waals surface area contributed by atoms with Crippen molar-refractivity contribution in [2.75, 3.05) is 5.32 Å². The van der Waals surface area contributed by atoms with Gasteiger partial charge in [0.25, 0.3) is 0 Å². The van der Waals surface area contributed by atoms with Gasteiger partial charge in [-0.1, -0.05) is 42.5 Å². The van der Waals surface area contributed by atoms with E-state index >= 15 is 0 Å². The number of carboxylic acid groups (broad SMARTS) is 2. The number of benzene rings is 2. The van der Waals surface area contributed by atoms with E-state index in [2.05, 4.69) is 10.3 Å². The number of hydrogen-bond donors (Lipinski definition) is 3. The molecular formula is C20H18N2O4S. The molecule has 0 aliphatic carbocycles. The molecule has 3 aromatic rings. The smallest absolute Gasteiger partial charge is 0.335 e. The lowest BCUT2D eigenvalue weighted by Crippen LogP contribution is -2.31. The molecular weight excluding hydrogens is 364 g/mol. The Balaban J connectivity index is 1.68. The van der Waals surface area contributed by atoms with E-state index in [0.29, 0.717) is 18.0 Å². The summed E-state index contributed by atoms with van der Waals surface area (Å²) < 4.78 is 0. The van der Waals surface area contributed by atoms with E-state index in [1.54, 1.807) is 18.2 Å². The highest BCUT2D eigenvalue weighted by Gasteiger charge is 2.19. The SMILES string of the molecule is O=C(O)c1cccc(Cc2csc(N[C@H](Cc3ccccc3)C(=O)O)n2)c1. The van der Waals surface area contributed by atoms with Crippen LogP contribution in [0.5, 0.6) is 0 Å². The molecule has 0 saturated carbocycles. The zero-order valence-corrected chi connectivity index (χ0v) is 15.1. The van der Waals surface area contributed by atoms with Crippen LogP contribution in [0.3, 0.4) is 0 Å². The molecule has 3 rings (SSSR count). The first-order valence-corrected chi connectivity index (χ1v) is 9.19. The van der Waals surface area contributed by atoms with Gasteiger partial charge in [-0.2, -0.15) is 0 Å². The summed E-state index contributed by atoms with van der Waals surface area (Å²) in [5.41, 5.74) is 2.76. The van der Waals surface area contributed by atoms with E-state index in [1.807, 2.05) is 41.8 Å². The van der Waals surface area contributed by atoms with Crippen LogP contribution in [-0.4, -0.2) is 33.2 Å².